The summed E-state index contributed by atoms with van der Waals surface area (Å²) in [7, 11) is 1.59. The topological polar surface area (TPSA) is 84.7 Å². The van der Waals surface area contributed by atoms with Crippen LogP contribution in [0.5, 0.6) is 5.75 Å². The van der Waals surface area contributed by atoms with Gasteiger partial charge >= 0.3 is 0 Å². The van der Waals surface area contributed by atoms with Crippen molar-refractivity contribution in [2.45, 2.75) is 6.42 Å². The van der Waals surface area contributed by atoms with E-state index in [0.29, 0.717) is 12.2 Å². The van der Waals surface area contributed by atoms with Gasteiger partial charge in [-0.1, -0.05) is 22.0 Å². The van der Waals surface area contributed by atoms with Gasteiger partial charge in [-0.05, 0) is 42.5 Å². The summed E-state index contributed by atoms with van der Waals surface area (Å²) in [5.41, 5.74) is 6.75. The second-order valence-corrected chi connectivity index (χ2v) is 6.31. The second-order valence-electron chi connectivity index (χ2n) is 5.39. The normalized spacial score (nSPS) is 10.2. The number of hydrogen-bond donors (Lipinski definition) is 2. The fraction of sp³-hybridized carbons (Fsp3) is 0.222. The molecule has 0 heterocycles. The van der Waals surface area contributed by atoms with E-state index < -0.39 is 5.91 Å². The molecule has 2 aromatic rings. The molecule has 0 aromatic heterocycles. The molecule has 0 aliphatic carbocycles. The number of nitrogens with zero attached hydrogens (tertiary/aromatic N) is 1. The van der Waals surface area contributed by atoms with Gasteiger partial charge in [0.1, 0.15) is 5.75 Å². The third-order valence-corrected chi connectivity index (χ3v) is 4.00. The SMILES string of the molecule is COc1ccc(N(CCC(N)=O)CC(=O)Nc2cccc(Br)c2)cc1. The van der Waals surface area contributed by atoms with E-state index in [4.69, 9.17) is 10.5 Å². The number of hydrogen-bond acceptors (Lipinski definition) is 4. The van der Waals surface area contributed by atoms with E-state index in [2.05, 4.69) is 21.2 Å². The van der Waals surface area contributed by atoms with Crippen molar-refractivity contribution in [3.63, 3.8) is 0 Å². The molecule has 0 spiro atoms. The lowest BCUT2D eigenvalue weighted by atomic mass is 10.2. The Balaban J connectivity index is 2.08. The van der Waals surface area contributed by atoms with E-state index in [-0.39, 0.29) is 18.9 Å². The summed E-state index contributed by atoms with van der Waals surface area (Å²) >= 11 is 3.37. The van der Waals surface area contributed by atoms with Crippen molar-refractivity contribution in [1.29, 1.82) is 0 Å². The first-order chi connectivity index (χ1) is 12.0. The van der Waals surface area contributed by atoms with Gasteiger partial charge in [0.05, 0.1) is 13.7 Å². The number of nitrogens with two attached hydrogens (primary N) is 1. The van der Waals surface area contributed by atoms with Gasteiger partial charge in [0.15, 0.2) is 0 Å². The van der Waals surface area contributed by atoms with Crippen molar-refractivity contribution in [1.82, 2.24) is 0 Å². The Labute approximate surface area is 155 Å². The highest BCUT2D eigenvalue weighted by Crippen LogP contribution is 2.20. The number of halogens is 1. The number of carbonyl (C=O) groups excluding carboxylic acids is 2. The summed E-state index contributed by atoms with van der Waals surface area (Å²) in [6.07, 6.45) is 0.163. The Kier molecular flexibility index (Phi) is 6.82. The predicted molar refractivity (Wildman–Crippen MR) is 102 cm³/mol. The number of anilines is 2. The highest BCUT2D eigenvalue weighted by atomic mass is 79.9. The summed E-state index contributed by atoms with van der Waals surface area (Å²) in [5, 5.41) is 2.84. The predicted octanol–water partition coefficient (Wildman–Crippen LogP) is 2.78. The summed E-state index contributed by atoms with van der Waals surface area (Å²) in [5.74, 6) is 0.126. The molecule has 0 atom stereocenters. The Bertz CT molecular complexity index is 735. The molecule has 25 heavy (non-hydrogen) atoms. The third kappa shape index (κ3) is 6.11. The van der Waals surface area contributed by atoms with Gasteiger partial charge in [-0.15, -0.1) is 0 Å². The van der Waals surface area contributed by atoms with Gasteiger partial charge in [0.2, 0.25) is 11.8 Å². The first-order valence-corrected chi connectivity index (χ1v) is 8.50. The number of primary amides is 1. The maximum atomic E-state index is 12.4. The molecular weight excluding hydrogens is 386 g/mol. The number of methoxy groups -OCH3 is 1. The first-order valence-electron chi connectivity index (χ1n) is 7.70. The third-order valence-electron chi connectivity index (χ3n) is 3.51. The van der Waals surface area contributed by atoms with Crippen LogP contribution < -0.4 is 20.7 Å². The van der Waals surface area contributed by atoms with Gasteiger partial charge in [-0.2, -0.15) is 0 Å². The van der Waals surface area contributed by atoms with Crippen LogP contribution in [0.15, 0.2) is 53.0 Å². The molecule has 2 amide bonds. The number of benzene rings is 2. The molecule has 0 saturated heterocycles. The zero-order chi connectivity index (χ0) is 18.2. The number of rotatable bonds is 8. The average molecular weight is 406 g/mol. The number of carbonyl (C=O) groups is 2. The first kappa shape index (κ1) is 18.8. The summed E-state index contributed by atoms with van der Waals surface area (Å²) in [4.78, 5) is 25.3. The van der Waals surface area contributed by atoms with Crippen LogP contribution in [0.3, 0.4) is 0 Å². The van der Waals surface area contributed by atoms with Crippen molar-refractivity contribution in [2.75, 3.05) is 30.4 Å². The fourth-order valence-corrected chi connectivity index (χ4v) is 2.68. The maximum Gasteiger partial charge on any atom is 0.243 e. The molecule has 2 aromatic carbocycles. The summed E-state index contributed by atoms with van der Waals surface area (Å²) in [6.45, 7) is 0.458. The van der Waals surface area contributed by atoms with E-state index in [9.17, 15) is 9.59 Å². The molecular formula is C18H20BrN3O3. The Morgan fingerprint density at radius 2 is 1.92 bits per heavy atom. The second kappa shape index (κ2) is 9.08. The van der Waals surface area contributed by atoms with Crippen LogP contribution in [0.25, 0.3) is 0 Å². The molecule has 7 heteroatoms. The van der Waals surface area contributed by atoms with E-state index in [1.807, 2.05) is 36.4 Å². The van der Waals surface area contributed by atoms with Crippen molar-refractivity contribution in [2.24, 2.45) is 5.73 Å². The Morgan fingerprint density at radius 1 is 1.20 bits per heavy atom. The number of ether oxygens (including phenoxy) is 1. The molecule has 0 fully saturated rings. The molecule has 0 radical (unpaired) electrons. The molecule has 6 nitrogen and oxygen atoms in total. The van der Waals surface area contributed by atoms with Gasteiger partial charge in [-0.3, -0.25) is 9.59 Å². The lowest BCUT2D eigenvalue weighted by Gasteiger charge is -2.24. The molecule has 2 rings (SSSR count). The molecule has 132 valence electrons. The van der Waals surface area contributed by atoms with Crippen molar-refractivity contribution in [3.05, 3.63) is 53.0 Å². The van der Waals surface area contributed by atoms with E-state index in [1.54, 1.807) is 24.1 Å². The van der Waals surface area contributed by atoms with E-state index in [0.717, 1.165) is 15.9 Å². The van der Waals surface area contributed by atoms with Crippen LogP contribution in [0.1, 0.15) is 6.42 Å². The molecule has 0 unspecified atom stereocenters. The monoisotopic (exact) mass is 405 g/mol. The van der Waals surface area contributed by atoms with Crippen molar-refractivity contribution in [3.8, 4) is 5.75 Å². The van der Waals surface area contributed by atoms with Crippen LogP contribution in [-0.2, 0) is 9.59 Å². The van der Waals surface area contributed by atoms with Crippen LogP contribution >= 0.6 is 15.9 Å². The minimum Gasteiger partial charge on any atom is -0.497 e. The number of nitrogens with one attached hydrogen (secondary N) is 1. The highest BCUT2D eigenvalue weighted by Gasteiger charge is 2.13. The standard InChI is InChI=1S/C18H20BrN3O3/c1-25-16-7-5-15(6-8-16)22(10-9-17(20)23)12-18(24)21-14-4-2-3-13(19)11-14/h2-8,11H,9-10,12H2,1H3,(H2,20,23)(H,21,24). The molecule has 0 saturated carbocycles. The smallest absolute Gasteiger partial charge is 0.243 e. The quantitative estimate of drug-likeness (QED) is 0.706. The maximum absolute atomic E-state index is 12.4. The molecule has 0 aliphatic rings. The Hall–Kier alpha value is -2.54. The minimum atomic E-state index is -0.411. The number of amides is 2. The van der Waals surface area contributed by atoms with Gasteiger partial charge in [0.25, 0.3) is 0 Å². The van der Waals surface area contributed by atoms with Crippen LogP contribution in [0, 0.1) is 0 Å². The Morgan fingerprint density at radius 3 is 2.52 bits per heavy atom. The van der Waals surface area contributed by atoms with Gasteiger partial charge in [-0.25, -0.2) is 0 Å². The van der Waals surface area contributed by atoms with Gasteiger partial charge in [0, 0.05) is 28.8 Å². The molecule has 0 aliphatic heterocycles. The minimum absolute atomic E-state index is 0.103. The van der Waals surface area contributed by atoms with Crippen molar-refractivity contribution >= 4 is 39.1 Å². The van der Waals surface area contributed by atoms with Crippen LogP contribution in [0.4, 0.5) is 11.4 Å². The largest absolute Gasteiger partial charge is 0.497 e. The lowest BCUT2D eigenvalue weighted by molar-refractivity contribution is -0.118. The highest BCUT2D eigenvalue weighted by molar-refractivity contribution is 9.10. The molecule has 0 bridgehead atoms. The zero-order valence-electron chi connectivity index (χ0n) is 13.9. The summed E-state index contributed by atoms with van der Waals surface area (Å²) < 4.78 is 6.02. The van der Waals surface area contributed by atoms with Crippen molar-refractivity contribution < 1.29 is 14.3 Å². The van der Waals surface area contributed by atoms with E-state index in [1.165, 1.54) is 0 Å². The van der Waals surface area contributed by atoms with Crippen LogP contribution in [-0.4, -0.2) is 32.0 Å². The average Bonchev–Trinajstić information content (AvgIpc) is 2.58. The van der Waals surface area contributed by atoms with Gasteiger partial charge < -0.3 is 20.7 Å². The fourth-order valence-electron chi connectivity index (χ4n) is 2.28. The van der Waals surface area contributed by atoms with Crippen LogP contribution in [0.2, 0.25) is 0 Å². The zero-order valence-corrected chi connectivity index (χ0v) is 15.5. The summed E-state index contributed by atoms with van der Waals surface area (Å²) in [6, 6.07) is 14.6. The lowest BCUT2D eigenvalue weighted by Crippen LogP contribution is -2.35. The molecule has 3 N–H and O–H groups in total. The van der Waals surface area contributed by atoms with E-state index >= 15 is 0 Å².